The van der Waals surface area contributed by atoms with Crippen LogP contribution in [0.1, 0.15) is 468 Å². The molecule has 0 fully saturated rings. The fourth-order valence-corrected chi connectivity index (χ4v) is 16.4. The van der Waals surface area contributed by atoms with Gasteiger partial charge in [-0.05, 0) is 123 Å². The molecule has 0 aromatic heterocycles. The van der Waals surface area contributed by atoms with E-state index < -0.39 is 8.60 Å². The maximum absolute atomic E-state index is 8.55. The Labute approximate surface area is 589 Å². The number of hydrogen-bond acceptors (Lipinski definition) is 3. The van der Waals surface area contributed by atoms with Crippen molar-refractivity contribution in [2.24, 2.45) is 0 Å². The van der Waals surface area contributed by atoms with Gasteiger partial charge in [0.25, 0.3) is 0 Å². The van der Waals surface area contributed by atoms with Gasteiger partial charge in [-0.2, -0.15) is 0 Å². The molecule has 542 valence electrons. The van der Waals surface area contributed by atoms with E-state index in [2.05, 4.69) is 223 Å². The third kappa shape index (κ3) is 25.6. The maximum atomic E-state index is 8.55. The van der Waals surface area contributed by atoms with Crippen molar-refractivity contribution in [3.8, 4) is 17.2 Å². The molecule has 0 saturated heterocycles. The van der Waals surface area contributed by atoms with Crippen LogP contribution in [0, 0.1) is 0 Å². The minimum absolute atomic E-state index is 0.0287. The van der Waals surface area contributed by atoms with E-state index in [9.17, 15) is 0 Å². The molecule has 0 N–H and O–H groups in total. The summed E-state index contributed by atoms with van der Waals surface area (Å²) in [5.74, 6) is 3.05. The minimum Gasteiger partial charge on any atom is -0.408 e. The highest BCUT2D eigenvalue weighted by molar-refractivity contribution is 7.43. The average Bonchev–Trinajstić information content (AvgIpc) is 0.758. The fraction of sp³-hybridized carbons (Fsp3) is 0.800. The highest BCUT2D eigenvalue weighted by Gasteiger charge is 2.43. The van der Waals surface area contributed by atoms with E-state index in [0.717, 1.165) is 75.0 Å². The SMILES string of the molecule is CCCCCC(C)(C)c1cc(C(C)(C)CCCCC)c(OP(Oc2c(C(C)(C)CCCCC)cc(C(C)(C)CCCCC)cc2C(C)(C)CCCCC)Oc2c(C(C)(C)CCCCC)cc(C(C)(C)CCCCC)cc2C(C)(C)CCCCC)c(C(C)(C)CCCCC)c1. The molecule has 0 bridgehead atoms. The van der Waals surface area contributed by atoms with Gasteiger partial charge in [0.2, 0.25) is 0 Å². The van der Waals surface area contributed by atoms with Crippen molar-refractivity contribution in [3.63, 3.8) is 0 Å². The van der Waals surface area contributed by atoms with Crippen LogP contribution in [0.2, 0.25) is 0 Å². The van der Waals surface area contributed by atoms with E-state index in [4.69, 9.17) is 13.6 Å². The van der Waals surface area contributed by atoms with Crippen molar-refractivity contribution in [1.82, 2.24) is 0 Å². The third-order valence-electron chi connectivity index (χ3n) is 23.1. The molecule has 3 nitrogen and oxygen atoms in total. The van der Waals surface area contributed by atoms with Gasteiger partial charge in [-0.1, -0.05) is 397 Å². The molecule has 0 saturated carbocycles. The number of benzene rings is 3. The highest BCUT2D eigenvalue weighted by atomic mass is 31.2. The Balaban J connectivity index is 3.03. The fourth-order valence-electron chi connectivity index (χ4n) is 15.2. The van der Waals surface area contributed by atoms with Gasteiger partial charge < -0.3 is 13.6 Å². The predicted molar refractivity (Wildman–Crippen MR) is 423 cm³/mol. The molecule has 0 aliphatic rings. The molecule has 0 atom stereocenters. The van der Waals surface area contributed by atoms with E-state index >= 15 is 0 Å². The summed E-state index contributed by atoms with van der Waals surface area (Å²) in [4.78, 5) is 0. The molecule has 0 spiro atoms. The van der Waals surface area contributed by atoms with Gasteiger partial charge in [0.05, 0.1) is 0 Å². The normalized spacial score (nSPS) is 13.4. The van der Waals surface area contributed by atoms with Crippen LogP contribution in [-0.4, -0.2) is 0 Å². The molecule has 3 aromatic rings. The van der Waals surface area contributed by atoms with Crippen LogP contribution in [0.5, 0.6) is 17.2 Å². The van der Waals surface area contributed by atoms with Gasteiger partial charge >= 0.3 is 8.60 Å². The monoisotopic (exact) mass is 1320 g/mol. The summed E-state index contributed by atoms with van der Waals surface area (Å²) in [6.45, 7) is 66.9. The lowest BCUT2D eigenvalue weighted by molar-refractivity contribution is 0.336. The molecule has 4 heteroatoms. The molecule has 0 unspecified atom stereocenters. The summed E-state index contributed by atoms with van der Waals surface area (Å²) in [7, 11) is -2.21. The molecule has 3 rings (SSSR count). The lowest BCUT2D eigenvalue weighted by Crippen LogP contribution is -2.29. The van der Waals surface area contributed by atoms with Crippen LogP contribution in [0.3, 0.4) is 0 Å². The van der Waals surface area contributed by atoms with Crippen LogP contribution in [0.15, 0.2) is 36.4 Å². The first-order valence-corrected chi connectivity index (χ1v) is 41.5. The lowest BCUT2D eigenvalue weighted by atomic mass is 9.70. The standard InChI is InChI=1S/C90H159O3P/c1-28-37-46-55-82(10,11)70-64-73(85(16,17)58-49-40-31-4)79(74(65-70)86(18,19)59-50-41-32-5)91-94(92-80-75(87(20,21)60-51-42-33-6)66-71(83(12,13)56-47-38-29-2)67-76(80)88(22,23)61-52-43-34-7)93-81-77(89(24,25)62-53-44-35-8)68-72(84(14,15)57-48-39-30-3)69-78(81)90(26,27)63-54-45-36-9/h64-69H,28-63H2,1-27H3. The van der Waals surface area contributed by atoms with Gasteiger partial charge in [-0.3, -0.25) is 0 Å². The van der Waals surface area contributed by atoms with Crippen LogP contribution in [0.4, 0.5) is 0 Å². The number of unbranched alkanes of at least 4 members (excludes halogenated alkanes) is 18. The van der Waals surface area contributed by atoms with Gasteiger partial charge in [-0.25, -0.2) is 0 Å². The summed E-state index contributed by atoms with van der Waals surface area (Å²) < 4.78 is 25.6. The van der Waals surface area contributed by atoms with E-state index in [1.807, 2.05) is 0 Å². The van der Waals surface area contributed by atoms with Crippen molar-refractivity contribution < 1.29 is 13.6 Å². The summed E-state index contributed by atoms with van der Waals surface area (Å²) in [5.41, 5.74) is 11.0. The molecule has 0 heterocycles. The Hall–Kier alpha value is -2.51. The van der Waals surface area contributed by atoms with Crippen LogP contribution >= 0.6 is 8.60 Å². The van der Waals surface area contributed by atoms with E-state index in [1.54, 1.807) is 0 Å². The second-order valence-corrected chi connectivity index (χ2v) is 37.3. The minimum atomic E-state index is -2.21. The van der Waals surface area contributed by atoms with Gasteiger partial charge in [0, 0.05) is 33.4 Å². The molecular formula is C90H159O3P. The van der Waals surface area contributed by atoms with Crippen molar-refractivity contribution in [2.45, 2.75) is 467 Å². The summed E-state index contributed by atoms with van der Waals surface area (Å²) in [5, 5.41) is 0. The smallest absolute Gasteiger partial charge is 0.408 e. The zero-order valence-electron chi connectivity index (χ0n) is 68.1. The molecule has 0 aliphatic carbocycles. The van der Waals surface area contributed by atoms with E-state index in [0.29, 0.717) is 0 Å². The highest BCUT2D eigenvalue weighted by Crippen LogP contribution is 2.58. The lowest BCUT2D eigenvalue weighted by Gasteiger charge is -2.40. The van der Waals surface area contributed by atoms with Crippen molar-refractivity contribution >= 4 is 8.60 Å². The van der Waals surface area contributed by atoms with Crippen LogP contribution in [-0.2, 0) is 48.7 Å². The van der Waals surface area contributed by atoms with Crippen molar-refractivity contribution in [2.75, 3.05) is 0 Å². The molecule has 3 aromatic carbocycles. The van der Waals surface area contributed by atoms with Gasteiger partial charge in [-0.15, -0.1) is 0 Å². The first kappa shape index (κ1) is 85.7. The van der Waals surface area contributed by atoms with Crippen molar-refractivity contribution in [3.05, 3.63) is 86.5 Å². The number of rotatable bonds is 51. The molecule has 0 amide bonds. The van der Waals surface area contributed by atoms with Crippen LogP contribution in [0.25, 0.3) is 0 Å². The maximum Gasteiger partial charge on any atom is 0.530 e. The average molecular weight is 1320 g/mol. The largest absolute Gasteiger partial charge is 0.530 e. The molecular weight excluding hydrogens is 1160 g/mol. The Morgan fingerprint density at radius 3 is 0.457 bits per heavy atom. The second kappa shape index (κ2) is 39.5. The topological polar surface area (TPSA) is 27.7 Å². The Morgan fingerprint density at radius 1 is 0.202 bits per heavy atom. The predicted octanol–water partition coefficient (Wildman–Crippen LogP) is 31.2. The number of hydrogen-bond donors (Lipinski definition) is 0. The second-order valence-electron chi connectivity index (χ2n) is 36.3. The van der Waals surface area contributed by atoms with Crippen molar-refractivity contribution in [1.29, 1.82) is 0 Å². The van der Waals surface area contributed by atoms with E-state index in [-0.39, 0.29) is 48.7 Å². The molecule has 94 heavy (non-hydrogen) atoms. The molecule has 0 radical (unpaired) electrons. The quantitative estimate of drug-likeness (QED) is 0.0416. The zero-order valence-corrected chi connectivity index (χ0v) is 69.0. The Morgan fingerprint density at radius 2 is 0.330 bits per heavy atom. The van der Waals surface area contributed by atoms with E-state index in [1.165, 1.54) is 223 Å². The Kier molecular flexibility index (Phi) is 36.0. The summed E-state index contributed by atoms with van der Waals surface area (Å²) >= 11 is 0. The first-order valence-electron chi connectivity index (χ1n) is 40.4. The summed E-state index contributed by atoms with van der Waals surface area (Å²) in [6.07, 6.45) is 42.6. The van der Waals surface area contributed by atoms with Gasteiger partial charge in [0.15, 0.2) is 0 Å². The zero-order chi connectivity index (χ0) is 70.8. The summed E-state index contributed by atoms with van der Waals surface area (Å²) in [6, 6.07) is 15.9. The first-order chi connectivity index (χ1) is 44.0. The third-order valence-corrected chi connectivity index (χ3v) is 24.1. The molecule has 0 aliphatic heterocycles. The van der Waals surface area contributed by atoms with Gasteiger partial charge in [0.1, 0.15) is 17.2 Å². The Bertz CT molecular complexity index is 2200. The van der Waals surface area contributed by atoms with Crippen LogP contribution < -0.4 is 13.6 Å².